The van der Waals surface area contributed by atoms with Crippen molar-refractivity contribution in [3.8, 4) is 0 Å². The van der Waals surface area contributed by atoms with Crippen LogP contribution in [0.25, 0.3) is 0 Å². The summed E-state index contributed by atoms with van der Waals surface area (Å²) in [4.78, 5) is 33.6. The molecule has 2 fully saturated rings. The quantitative estimate of drug-likeness (QED) is 0.595. The number of carbonyl (C=O) groups is 2. The van der Waals surface area contributed by atoms with Crippen LogP contribution in [0.4, 0.5) is 0 Å². The lowest BCUT2D eigenvalue weighted by Gasteiger charge is -2.46. The van der Waals surface area contributed by atoms with Crippen LogP contribution in [0.3, 0.4) is 0 Å². The number of nitrogens with zero attached hydrogens (tertiary/aromatic N) is 3. The van der Waals surface area contributed by atoms with Gasteiger partial charge in [-0.15, -0.1) is 6.58 Å². The van der Waals surface area contributed by atoms with Crippen molar-refractivity contribution >= 4 is 11.9 Å². The van der Waals surface area contributed by atoms with Crippen molar-refractivity contribution in [3.63, 3.8) is 0 Å². The highest BCUT2D eigenvalue weighted by atomic mass is 16.5. The second-order valence-corrected chi connectivity index (χ2v) is 7.22. The van der Waals surface area contributed by atoms with E-state index < -0.39 is 5.54 Å². The molecule has 3 heterocycles. The van der Waals surface area contributed by atoms with Crippen LogP contribution < -0.4 is 0 Å². The predicted molar refractivity (Wildman–Crippen MR) is 98.2 cm³/mol. The summed E-state index contributed by atoms with van der Waals surface area (Å²) in [6, 6.07) is 6.06. The Kier molecular flexibility index (Phi) is 5.41. The number of aryl methyl sites for hydroxylation is 1. The first-order valence-corrected chi connectivity index (χ1v) is 9.14. The average Bonchev–Trinajstić information content (AvgIpc) is 2.89. The maximum absolute atomic E-state index is 12.5. The molecule has 6 nitrogen and oxygen atoms in total. The minimum atomic E-state index is -0.450. The van der Waals surface area contributed by atoms with Crippen LogP contribution in [0, 0.1) is 12.8 Å². The third-order valence-corrected chi connectivity index (χ3v) is 5.72. The molecule has 0 saturated carbocycles. The molecule has 2 aliphatic rings. The monoisotopic (exact) mass is 357 g/mol. The largest absolute Gasteiger partial charge is 0.469 e. The first-order valence-electron chi connectivity index (χ1n) is 9.14. The fourth-order valence-electron chi connectivity index (χ4n) is 4.40. The Balaban J connectivity index is 1.75. The zero-order valence-electron chi connectivity index (χ0n) is 15.6. The van der Waals surface area contributed by atoms with Gasteiger partial charge in [0.05, 0.1) is 24.3 Å². The molecule has 0 aromatic carbocycles. The topological polar surface area (TPSA) is 62.7 Å². The van der Waals surface area contributed by atoms with Gasteiger partial charge in [-0.05, 0) is 31.9 Å². The standard InChI is InChI=1S/C20H27N3O3/c1-4-10-23-18(24)13-17(19(25)26-3)20(23)8-11-22(12-9-20)14-16-7-5-6-15(2)21-16/h4-7,17H,1,8-14H2,2-3H3. The van der Waals surface area contributed by atoms with E-state index in [1.54, 1.807) is 6.08 Å². The molecule has 1 unspecified atom stereocenters. The number of hydrogen-bond acceptors (Lipinski definition) is 5. The molecular formula is C20H27N3O3. The summed E-state index contributed by atoms with van der Waals surface area (Å²) in [5, 5.41) is 0. The number of amides is 1. The van der Waals surface area contributed by atoms with Gasteiger partial charge in [-0.3, -0.25) is 19.5 Å². The molecule has 140 valence electrons. The molecule has 1 atom stereocenters. The van der Waals surface area contributed by atoms with Crippen molar-refractivity contribution in [2.75, 3.05) is 26.7 Å². The Morgan fingerprint density at radius 2 is 2.15 bits per heavy atom. The summed E-state index contributed by atoms with van der Waals surface area (Å²) in [5.74, 6) is -0.646. The first-order chi connectivity index (χ1) is 12.5. The molecule has 1 aromatic rings. The van der Waals surface area contributed by atoms with Gasteiger partial charge in [-0.2, -0.15) is 0 Å². The lowest BCUT2D eigenvalue weighted by atomic mass is 9.76. The van der Waals surface area contributed by atoms with Crippen molar-refractivity contribution in [1.29, 1.82) is 0 Å². The summed E-state index contributed by atoms with van der Waals surface area (Å²) < 4.78 is 5.00. The van der Waals surface area contributed by atoms with Gasteiger partial charge in [0.25, 0.3) is 0 Å². The van der Waals surface area contributed by atoms with Crippen molar-refractivity contribution < 1.29 is 14.3 Å². The maximum Gasteiger partial charge on any atom is 0.311 e. The highest BCUT2D eigenvalue weighted by molar-refractivity contribution is 5.89. The molecule has 6 heteroatoms. The summed E-state index contributed by atoms with van der Waals surface area (Å²) in [6.07, 6.45) is 3.50. The zero-order chi connectivity index (χ0) is 18.7. The number of carbonyl (C=O) groups excluding carboxylic acids is 2. The van der Waals surface area contributed by atoms with Gasteiger partial charge in [0.2, 0.25) is 5.91 Å². The van der Waals surface area contributed by atoms with Crippen molar-refractivity contribution in [2.45, 2.75) is 38.3 Å². The number of hydrogen-bond donors (Lipinski definition) is 0. The number of ether oxygens (including phenoxy) is 1. The Bertz CT molecular complexity index is 695. The average molecular weight is 357 g/mol. The van der Waals surface area contributed by atoms with E-state index in [1.807, 2.05) is 30.0 Å². The first kappa shape index (κ1) is 18.6. The summed E-state index contributed by atoms with van der Waals surface area (Å²) in [5.41, 5.74) is 1.62. The van der Waals surface area contributed by atoms with E-state index in [1.165, 1.54) is 7.11 Å². The summed E-state index contributed by atoms with van der Waals surface area (Å²) >= 11 is 0. The minimum absolute atomic E-state index is 0.0223. The van der Waals surface area contributed by atoms with E-state index in [0.29, 0.717) is 6.54 Å². The van der Waals surface area contributed by atoms with Crippen LogP contribution >= 0.6 is 0 Å². The fourth-order valence-corrected chi connectivity index (χ4v) is 4.40. The smallest absolute Gasteiger partial charge is 0.311 e. The summed E-state index contributed by atoms with van der Waals surface area (Å²) in [6.45, 7) is 8.68. The second-order valence-electron chi connectivity index (χ2n) is 7.22. The van der Waals surface area contributed by atoms with Gasteiger partial charge >= 0.3 is 5.97 Å². The van der Waals surface area contributed by atoms with Crippen LogP contribution in [0.5, 0.6) is 0 Å². The van der Waals surface area contributed by atoms with Gasteiger partial charge < -0.3 is 9.64 Å². The van der Waals surface area contributed by atoms with Crippen LogP contribution in [0.2, 0.25) is 0 Å². The Morgan fingerprint density at radius 1 is 1.42 bits per heavy atom. The number of likely N-dealkylation sites (tertiary alicyclic amines) is 2. The van der Waals surface area contributed by atoms with E-state index >= 15 is 0 Å². The van der Waals surface area contributed by atoms with Gasteiger partial charge in [0.15, 0.2) is 0 Å². The van der Waals surface area contributed by atoms with E-state index in [2.05, 4.69) is 16.5 Å². The van der Waals surface area contributed by atoms with E-state index in [4.69, 9.17) is 4.74 Å². The molecule has 26 heavy (non-hydrogen) atoms. The maximum atomic E-state index is 12.5. The molecule has 1 aromatic heterocycles. The van der Waals surface area contributed by atoms with Crippen LogP contribution in [0.15, 0.2) is 30.9 Å². The molecule has 3 rings (SSSR count). The number of aromatic nitrogens is 1. The lowest BCUT2D eigenvalue weighted by Crippen LogP contribution is -2.57. The summed E-state index contributed by atoms with van der Waals surface area (Å²) in [7, 11) is 1.40. The normalized spacial score (nSPS) is 22.6. The third-order valence-electron chi connectivity index (χ3n) is 5.72. The molecule has 2 saturated heterocycles. The zero-order valence-corrected chi connectivity index (χ0v) is 15.6. The highest BCUT2D eigenvalue weighted by Gasteiger charge is 2.56. The molecular weight excluding hydrogens is 330 g/mol. The second kappa shape index (κ2) is 7.58. The number of pyridine rings is 1. The SMILES string of the molecule is C=CCN1C(=O)CC(C(=O)OC)C12CCN(Cc1cccc(C)n1)CC2. The fraction of sp³-hybridized carbons (Fsp3) is 0.550. The molecule has 0 radical (unpaired) electrons. The molecule has 1 amide bonds. The van der Waals surface area contributed by atoms with Gasteiger partial charge in [0, 0.05) is 38.3 Å². The molecule has 0 N–H and O–H groups in total. The molecule has 2 aliphatic heterocycles. The van der Waals surface area contributed by atoms with Crippen LogP contribution in [0.1, 0.15) is 30.7 Å². The van der Waals surface area contributed by atoms with Gasteiger partial charge in [-0.1, -0.05) is 12.1 Å². The van der Waals surface area contributed by atoms with Crippen LogP contribution in [-0.4, -0.2) is 58.9 Å². The van der Waals surface area contributed by atoms with Crippen molar-refractivity contribution in [2.24, 2.45) is 5.92 Å². The van der Waals surface area contributed by atoms with Crippen molar-refractivity contribution in [3.05, 3.63) is 42.2 Å². The lowest BCUT2D eigenvalue weighted by molar-refractivity contribution is -0.150. The molecule has 0 aliphatic carbocycles. The van der Waals surface area contributed by atoms with E-state index in [-0.39, 0.29) is 24.2 Å². The Hall–Kier alpha value is -2.21. The number of piperidine rings is 1. The van der Waals surface area contributed by atoms with Crippen molar-refractivity contribution in [1.82, 2.24) is 14.8 Å². The number of esters is 1. The Morgan fingerprint density at radius 3 is 2.77 bits per heavy atom. The third kappa shape index (κ3) is 3.38. The van der Waals surface area contributed by atoms with E-state index in [0.717, 1.165) is 43.9 Å². The highest BCUT2D eigenvalue weighted by Crippen LogP contribution is 2.44. The van der Waals surface area contributed by atoms with Gasteiger partial charge in [-0.25, -0.2) is 0 Å². The number of methoxy groups -OCH3 is 1. The predicted octanol–water partition coefficient (Wildman–Crippen LogP) is 1.93. The molecule has 0 bridgehead atoms. The van der Waals surface area contributed by atoms with Gasteiger partial charge in [0.1, 0.15) is 0 Å². The number of rotatable bonds is 5. The van der Waals surface area contributed by atoms with Crippen LogP contribution in [-0.2, 0) is 20.9 Å². The molecule has 1 spiro atoms. The van der Waals surface area contributed by atoms with E-state index in [9.17, 15) is 9.59 Å². The Labute approximate surface area is 154 Å². The minimum Gasteiger partial charge on any atom is -0.469 e.